The number of carboxylic acids is 2. The number of aliphatic hydroxyl groups excluding tert-OH is 1. The van der Waals surface area contributed by atoms with E-state index in [1.807, 2.05) is 0 Å². The van der Waals surface area contributed by atoms with Gasteiger partial charge < -0.3 is 32.5 Å². The van der Waals surface area contributed by atoms with Crippen molar-refractivity contribution in [2.45, 2.75) is 76.1 Å². The quantitative estimate of drug-likeness (QED) is 0.132. The van der Waals surface area contributed by atoms with Gasteiger partial charge in [-0.15, -0.1) is 0 Å². The smallest absolute Gasteiger partial charge is 0.337 e. The fourth-order valence-electron chi connectivity index (χ4n) is 2.91. The van der Waals surface area contributed by atoms with Crippen molar-refractivity contribution in [2.75, 3.05) is 6.54 Å². The molecule has 9 N–H and O–H groups in total. The minimum atomic E-state index is -2.87. The summed E-state index contributed by atoms with van der Waals surface area (Å²) in [5.41, 5.74) is 14.0. The van der Waals surface area contributed by atoms with E-state index in [4.69, 9.17) is 22.3 Å². The molecular formula is C18H32N4O8. The number of rotatable bonds is 14. The standard InChI is InChI=1S/C18H32N4O8/c1-10(23)9-13(24)18(17(29)30,7-6-14(25)26)22(15(27)11(2)20)16(28)12(21)5-3-4-8-19/h10-12,23H,3-9,19-21H2,1-2H3,(H,25,26)(H,29,30). The first-order valence-electron chi connectivity index (χ1n) is 9.58. The zero-order valence-corrected chi connectivity index (χ0v) is 17.2. The lowest BCUT2D eigenvalue weighted by atomic mass is 9.82. The van der Waals surface area contributed by atoms with E-state index in [0.29, 0.717) is 19.4 Å². The van der Waals surface area contributed by atoms with Crippen LogP contribution in [0.15, 0.2) is 0 Å². The molecule has 30 heavy (non-hydrogen) atoms. The lowest BCUT2D eigenvalue weighted by Crippen LogP contribution is -2.68. The van der Waals surface area contributed by atoms with Crippen LogP contribution in [-0.2, 0) is 24.0 Å². The van der Waals surface area contributed by atoms with Crippen molar-refractivity contribution < 1.29 is 39.3 Å². The molecule has 12 nitrogen and oxygen atoms in total. The van der Waals surface area contributed by atoms with E-state index in [2.05, 4.69) is 0 Å². The van der Waals surface area contributed by atoms with Gasteiger partial charge in [0.15, 0.2) is 5.78 Å². The minimum absolute atomic E-state index is 0.0536. The molecule has 0 saturated carbocycles. The van der Waals surface area contributed by atoms with E-state index in [0.717, 1.165) is 0 Å². The molecule has 0 heterocycles. The van der Waals surface area contributed by atoms with Gasteiger partial charge in [0.2, 0.25) is 17.4 Å². The number of nitrogens with two attached hydrogens (primary N) is 3. The third-order valence-corrected chi connectivity index (χ3v) is 4.50. The Hall–Kier alpha value is -2.41. The second-order valence-electron chi connectivity index (χ2n) is 7.23. The van der Waals surface area contributed by atoms with Gasteiger partial charge in [0, 0.05) is 12.8 Å². The predicted octanol–water partition coefficient (Wildman–Crippen LogP) is -1.83. The minimum Gasteiger partial charge on any atom is -0.481 e. The van der Waals surface area contributed by atoms with Crippen LogP contribution in [0.25, 0.3) is 0 Å². The van der Waals surface area contributed by atoms with Crippen molar-refractivity contribution in [1.29, 1.82) is 0 Å². The van der Waals surface area contributed by atoms with Gasteiger partial charge in [0.05, 0.1) is 18.2 Å². The number of imide groups is 1. The predicted molar refractivity (Wildman–Crippen MR) is 105 cm³/mol. The maximum atomic E-state index is 13.0. The molecule has 0 bridgehead atoms. The zero-order chi connectivity index (χ0) is 23.6. The molecule has 0 rings (SSSR count). The third-order valence-electron chi connectivity index (χ3n) is 4.50. The van der Waals surface area contributed by atoms with Crippen molar-refractivity contribution >= 4 is 29.5 Å². The average molecular weight is 432 g/mol. The number of ketones is 1. The highest BCUT2D eigenvalue weighted by Crippen LogP contribution is 2.28. The molecule has 0 aromatic carbocycles. The molecule has 0 radical (unpaired) electrons. The molecule has 4 atom stereocenters. The van der Waals surface area contributed by atoms with Crippen molar-refractivity contribution in [3.63, 3.8) is 0 Å². The van der Waals surface area contributed by atoms with Gasteiger partial charge in [-0.25, -0.2) is 4.79 Å². The Labute approximate surface area is 174 Å². The fourth-order valence-corrected chi connectivity index (χ4v) is 2.91. The van der Waals surface area contributed by atoms with Gasteiger partial charge in [0.1, 0.15) is 0 Å². The largest absolute Gasteiger partial charge is 0.481 e. The van der Waals surface area contributed by atoms with Gasteiger partial charge in [-0.3, -0.25) is 24.1 Å². The fraction of sp³-hybridized carbons (Fsp3) is 0.722. The Bertz CT molecular complexity index is 652. The van der Waals surface area contributed by atoms with Gasteiger partial charge in [-0.2, -0.15) is 0 Å². The molecule has 0 aromatic heterocycles. The number of hydrogen-bond donors (Lipinski definition) is 6. The van der Waals surface area contributed by atoms with E-state index in [1.54, 1.807) is 0 Å². The van der Waals surface area contributed by atoms with Crippen LogP contribution in [0.3, 0.4) is 0 Å². The molecule has 0 spiro atoms. The lowest BCUT2D eigenvalue weighted by molar-refractivity contribution is -0.173. The molecule has 0 aliphatic heterocycles. The summed E-state index contributed by atoms with van der Waals surface area (Å²) in [5, 5.41) is 28.6. The molecule has 0 aromatic rings. The van der Waals surface area contributed by atoms with Crippen LogP contribution in [-0.4, -0.2) is 80.0 Å². The Balaban J connectivity index is 6.52. The highest BCUT2D eigenvalue weighted by Gasteiger charge is 2.56. The molecule has 12 heteroatoms. The summed E-state index contributed by atoms with van der Waals surface area (Å²) in [6.07, 6.45) is -2.80. The van der Waals surface area contributed by atoms with Crippen LogP contribution in [0, 0.1) is 0 Å². The first kappa shape index (κ1) is 27.6. The first-order valence-corrected chi connectivity index (χ1v) is 9.58. The Kier molecular flexibility index (Phi) is 11.3. The molecule has 0 saturated heterocycles. The highest BCUT2D eigenvalue weighted by molar-refractivity contribution is 6.16. The molecule has 0 fully saturated rings. The monoisotopic (exact) mass is 432 g/mol. The van der Waals surface area contributed by atoms with Crippen LogP contribution < -0.4 is 17.2 Å². The van der Waals surface area contributed by atoms with E-state index < -0.39 is 72.5 Å². The zero-order valence-electron chi connectivity index (χ0n) is 17.2. The summed E-state index contributed by atoms with van der Waals surface area (Å²) >= 11 is 0. The van der Waals surface area contributed by atoms with Crippen molar-refractivity contribution in [3.8, 4) is 0 Å². The molecule has 4 unspecified atom stereocenters. The molecular weight excluding hydrogens is 400 g/mol. The van der Waals surface area contributed by atoms with Crippen LogP contribution >= 0.6 is 0 Å². The number of carbonyl (C=O) groups is 5. The van der Waals surface area contributed by atoms with Crippen molar-refractivity contribution in [2.24, 2.45) is 17.2 Å². The first-order chi connectivity index (χ1) is 13.8. The average Bonchev–Trinajstić information content (AvgIpc) is 2.62. The van der Waals surface area contributed by atoms with Crippen LogP contribution in [0.5, 0.6) is 0 Å². The third kappa shape index (κ3) is 7.13. The number of amides is 2. The summed E-state index contributed by atoms with van der Waals surface area (Å²) in [4.78, 5) is 62.3. The summed E-state index contributed by atoms with van der Waals surface area (Å²) < 4.78 is 0. The molecule has 0 aliphatic rings. The van der Waals surface area contributed by atoms with Crippen molar-refractivity contribution in [1.82, 2.24) is 4.90 Å². The topological polar surface area (TPSA) is 227 Å². The normalized spacial score (nSPS) is 16.1. The van der Waals surface area contributed by atoms with Crippen LogP contribution in [0.1, 0.15) is 52.4 Å². The van der Waals surface area contributed by atoms with E-state index in [9.17, 15) is 34.2 Å². The Morgan fingerprint density at radius 1 is 1.00 bits per heavy atom. The highest BCUT2D eigenvalue weighted by atomic mass is 16.4. The SMILES string of the molecule is CC(O)CC(=O)C(CCC(=O)O)(C(=O)O)N(C(=O)C(C)N)C(=O)C(N)CCCCN. The number of carboxylic acid groups (broad SMARTS) is 2. The maximum Gasteiger partial charge on any atom is 0.337 e. The van der Waals surface area contributed by atoms with Gasteiger partial charge in [-0.05, 0) is 39.7 Å². The summed E-state index contributed by atoms with van der Waals surface area (Å²) in [6.45, 7) is 2.72. The summed E-state index contributed by atoms with van der Waals surface area (Å²) in [5.74, 6) is -6.92. The molecule has 172 valence electrons. The lowest BCUT2D eigenvalue weighted by Gasteiger charge is -2.40. The molecule has 2 amide bonds. The maximum absolute atomic E-state index is 13.0. The molecule has 0 aliphatic carbocycles. The van der Waals surface area contributed by atoms with Gasteiger partial charge in [0.25, 0.3) is 0 Å². The summed E-state index contributed by atoms with van der Waals surface area (Å²) in [6, 6.07) is -2.73. The summed E-state index contributed by atoms with van der Waals surface area (Å²) in [7, 11) is 0. The van der Waals surface area contributed by atoms with Crippen LogP contribution in [0.4, 0.5) is 0 Å². The van der Waals surface area contributed by atoms with Gasteiger partial charge in [-0.1, -0.05) is 6.42 Å². The van der Waals surface area contributed by atoms with Crippen LogP contribution in [0.2, 0.25) is 0 Å². The Morgan fingerprint density at radius 2 is 1.57 bits per heavy atom. The number of carbonyl (C=O) groups excluding carboxylic acids is 3. The number of hydrogen-bond acceptors (Lipinski definition) is 9. The number of nitrogens with zero attached hydrogens (tertiary/aromatic N) is 1. The van der Waals surface area contributed by atoms with Crippen molar-refractivity contribution in [3.05, 3.63) is 0 Å². The number of aliphatic carboxylic acids is 2. The number of aliphatic hydroxyl groups is 1. The number of unbranched alkanes of at least 4 members (excludes halogenated alkanes) is 1. The second-order valence-corrected chi connectivity index (χ2v) is 7.23. The second kappa shape index (κ2) is 12.3. The van der Waals surface area contributed by atoms with E-state index in [1.165, 1.54) is 13.8 Å². The van der Waals surface area contributed by atoms with Gasteiger partial charge >= 0.3 is 11.9 Å². The van der Waals surface area contributed by atoms with E-state index in [-0.39, 0.29) is 11.3 Å². The Morgan fingerprint density at radius 3 is 1.97 bits per heavy atom. The van der Waals surface area contributed by atoms with E-state index >= 15 is 0 Å². The number of Topliss-reactive ketones (excluding diaryl/α,β-unsaturated/α-hetero) is 1.